The fraction of sp³-hybridized carbons (Fsp3) is 0.750. The molecule has 1 aliphatic carbocycles. The Balaban J connectivity index is 1.94. The second-order valence-electron chi connectivity index (χ2n) is 7.02. The number of imide groups is 1. The molecule has 0 radical (unpaired) electrons. The van der Waals surface area contributed by atoms with E-state index in [4.69, 9.17) is 0 Å². The number of hydrazine groups is 1. The summed E-state index contributed by atoms with van der Waals surface area (Å²) in [4.78, 5) is 51.0. The Morgan fingerprint density at radius 1 is 1.08 bits per heavy atom. The van der Waals surface area contributed by atoms with Crippen molar-refractivity contribution in [3.05, 3.63) is 0 Å². The van der Waals surface area contributed by atoms with Crippen molar-refractivity contribution in [2.45, 2.75) is 57.9 Å². The van der Waals surface area contributed by atoms with E-state index in [1.165, 1.54) is 4.90 Å². The number of urea groups is 1. The van der Waals surface area contributed by atoms with E-state index in [-0.39, 0.29) is 30.7 Å². The van der Waals surface area contributed by atoms with Crippen molar-refractivity contribution in [2.24, 2.45) is 5.92 Å². The molecule has 1 saturated carbocycles. The molecule has 2 fully saturated rings. The summed E-state index contributed by atoms with van der Waals surface area (Å²) < 4.78 is 0. The van der Waals surface area contributed by atoms with Crippen molar-refractivity contribution in [1.82, 2.24) is 20.7 Å². The van der Waals surface area contributed by atoms with E-state index in [0.717, 1.165) is 24.2 Å². The highest BCUT2D eigenvalue weighted by Gasteiger charge is 2.55. The van der Waals surface area contributed by atoms with Crippen LogP contribution in [-0.4, -0.2) is 52.7 Å². The monoisotopic (exact) mass is 338 g/mol. The van der Waals surface area contributed by atoms with Gasteiger partial charge in [0.05, 0.1) is 0 Å². The molecule has 0 unspecified atom stereocenters. The van der Waals surface area contributed by atoms with E-state index in [1.807, 2.05) is 13.8 Å². The van der Waals surface area contributed by atoms with Gasteiger partial charge in [-0.25, -0.2) is 4.79 Å². The van der Waals surface area contributed by atoms with E-state index in [1.54, 1.807) is 7.05 Å². The number of likely N-dealkylation sites (N-methyl/N-ethyl adjacent to an activating group) is 1. The van der Waals surface area contributed by atoms with Crippen LogP contribution in [0.3, 0.4) is 0 Å². The van der Waals surface area contributed by atoms with E-state index < -0.39 is 17.5 Å². The van der Waals surface area contributed by atoms with E-state index in [0.29, 0.717) is 12.8 Å². The summed E-state index contributed by atoms with van der Waals surface area (Å²) in [6.07, 6.45) is 4.41. The molecule has 5 amide bonds. The van der Waals surface area contributed by atoms with Crippen LogP contribution in [0.2, 0.25) is 0 Å². The van der Waals surface area contributed by atoms with Crippen molar-refractivity contribution < 1.29 is 19.2 Å². The molecule has 0 bridgehead atoms. The molecule has 1 saturated heterocycles. The highest BCUT2D eigenvalue weighted by molar-refractivity contribution is 6.09. The maximum Gasteiger partial charge on any atom is 0.327 e. The summed E-state index contributed by atoms with van der Waals surface area (Å²) in [5, 5.41) is 0. The molecule has 0 aromatic rings. The van der Waals surface area contributed by atoms with E-state index in [2.05, 4.69) is 10.9 Å². The van der Waals surface area contributed by atoms with Gasteiger partial charge < -0.3 is 4.90 Å². The molecule has 24 heavy (non-hydrogen) atoms. The molecule has 0 aromatic heterocycles. The van der Waals surface area contributed by atoms with Gasteiger partial charge in [0.1, 0.15) is 12.1 Å². The third kappa shape index (κ3) is 3.52. The Hall–Kier alpha value is -2.12. The minimum atomic E-state index is -0.795. The van der Waals surface area contributed by atoms with E-state index >= 15 is 0 Å². The van der Waals surface area contributed by atoms with Crippen LogP contribution in [0.25, 0.3) is 0 Å². The van der Waals surface area contributed by atoms with Crippen LogP contribution in [-0.2, 0) is 14.4 Å². The van der Waals surface area contributed by atoms with Gasteiger partial charge in [0, 0.05) is 13.5 Å². The van der Waals surface area contributed by atoms with Crippen LogP contribution in [0.5, 0.6) is 0 Å². The Morgan fingerprint density at radius 3 is 2.25 bits per heavy atom. The molecule has 0 aromatic carbocycles. The lowest BCUT2D eigenvalue weighted by molar-refractivity contribution is -0.138. The fourth-order valence-electron chi connectivity index (χ4n) is 3.42. The molecule has 2 rings (SSSR count). The predicted molar refractivity (Wildman–Crippen MR) is 86.4 cm³/mol. The van der Waals surface area contributed by atoms with Gasteiger partial charge in [-0.3, -0.25) is 30.1 Å². The lowest BCUT2D eigenvalue weighted by Gasteiger charge is -2.35. The molecule has 8 nitrogen and oxygen atoms in total. The number of hydrogen-bond acceptors (Lipinski definition) is 4. The smallest absolute Gasteiger partial charge is 0.313 e. The standard InChI is InChI=1S/C16H26N4O4/c1-11(2)9-12(21)17-18-13(22)10-20-14(23)16(19(3)15(20)24)7-5-4-6-8-16/h11H,4-10H2,1-3H3,(H,17,21)(H,18,22). The maximum absolute atomic E-state index is 12.7. The predicted octanol–water partition coefficient (Wildman–Crippen LogP) is 0.777. The first-order valence-electron chi connectivity index (χ1n) is 8.45. The normalized spacial score (nSPS) is 20.0. The molecular weight excluding hydrogens is 312 g/mol. The van der Waals surface area contributed by atoms with Crippen molar-refractivity contribution in [3.63, 3.8) is 0 Å². The van der Waals surface area contributed by atoms with Gasteiger partial charge in [-0.2, -0.15) is 0 Å². The summed E-state index contributed by atoms with van der Waals surface area (Å²) in [6.45, 7) is 3.40. The first-order chi connectivity index (χ1) is 11.3. The number of carbonyl (C=O) groups is 4. The molecule has 1 heterocycles. The molecule has 2 N–H and O–H groups in total. The number of nitrogens with one attached hydrogen (secondary N) is 2. The molecule has 1 spiro atoms. The van der Waals surface area contributed by atoms with Crippen molar-refractivity contribution in [3.8, 4) is 0 Å². The summed E-state index contributed by atoms with van der Waals surface area (Å²) in [5.74, 6) is -1.03. The zero-order valence-corrected chi connectivity index (χ0v) is 14.6. The van der Waals surface area contributed by atoms with Gasteiger partial charge in [-0.15, -0.1) is 0 Å². The quantitative estimate of drug-likeness (QED) is 0.584. The number of amides is 5. The van der Waals surface area contributed by atoms with Gasteiger partial charge in [-0.05, 0) is 18.8 Å². The lowest BCUT2D eigenvalue weighted by atomic mass is 9.81. The third-order valence-corrected chi connectivity index (χ3v) is 4.72. The van der Waals surface area contributed by atoms with Crippen LogP contribution < -0.4 is 10.9 Å². The number of carbonyl (C=O) groups excluding carboxylic acids is 4. The largest absolute Gasteiger partial charge is 0.327 e. The molecule has 8 heteroatoms. The maximum atomic E-state index is 12.7. The number of hydrogen-bond donors (Lipinski definition) is 2. The van der Waals surface area contributed by atoms with Crippen molar-refractivity contribution in [1.29, 1.82) is 0 Å². The highest BCUT2D eigenvalue weighted by atomic mass is 16.2. The summed E-state index contributed by atoms with van der Waals surface area (Å²) in [5.41, 5.74) is 3.76. The topological polar surface area (TPSA) is 98.8 Å². The molecule has 2 aliphatic rings. The Bertz CT molecular complexity index is 540. The molecule has 1 aliphatic heterocycles. The van der Waals surface area contributed by atoms with Gasteiger partial charge in [-0.1, -0.05) is 33.1 Å². The summed E-state index contributed by atoms with van der Waals surface area (Å²) in [6, 6.07) is -0.453. The van der Waals surface area contributed by atoms with Crippen molar-refractivity contribution >= 4 is 23.8 Å². The minimum absolute atomic E-state index is 0.170. The van der Waals surface area contributed by atoms with Gasteiger partial charge in [0.2, 0.25) is 5.91 Å². The average molecular weight is 338 g/mol. The SMILES string of the molecule is CC(C)CC(=O)NNC(=O)CN1C(=O)N(C)C2(CCCCC2)C1=O. The number of nitrogens with zero attached hydrogens (tertiary/aromatic N) is 2. The fourth-order valence-corrected chi connectivity index (χ4v) is 3.42. The van der Waals surface area contributed by atoms with E-state index in [9.17, 15) is 19.2 Å². The van der Waals surface area contributed by atoms with Gasteiger partial charge in [0.15, 0.2) is 0 Å². The average Bonchev–Trinajstić information content (AvgIpc) is 2.70. The van der Waals surface area contributed by atoms with Crippen LogP contribution in [0.1, 0.15) is 52.4 Å². The Kier molecular flexibility index (Phi) is 5.46. The Labute approximate surface area is 141 Å². The van der Waals surface area contributed by atoms with Gasteiger partial charge in [0.25, 0.3) is 11.8 Å². The first kappa shape index (κ1) is 18.2. The zero-order valence-electron chi connectivity index (χ0n) is 14.6. The first-order valence-corrected chi connectivity index (χ1v) is 8.45. The minimum Gasteiger partial charge on any atom is -0.313 e. The van der Waals surface area contributed by atoms with Crippen LogP contribution in [0, 0.1) is 5.92 Å². The Morgan fingerprint density at radius 2 is 1.67 bits per heavy atom. The van der Waals surface area contributed by atoms with Crippen LogP contribution >= 0.6 is 0 Å². The molecular formula is C16H26N4O4. The number of rotatable bonds is 4. The molecule has 0 atom stereocenters. The summed E-state index contributed by atoms with van der Waals surface area (Å²) >= 11 is 0. The second kappa shape index (κ2) is 7.19. The molecule has 134 valence electrons. The van der Waals surface area contributed by atoms with Gasteiger partial charge >= 0.3 is 6.03 Å². The second-order valence-corrected chi connectivity index (χ2v) is 7.02. The van der Waals surface area contributed by atoms with Crippen LogP contribution in [0.15, 0.2) is 0 Å². The van der Waals surface area contributed by atoms with Crippen LogP contribution in [0.4, 0.5) is 4.79 Å². The highest BCUT2D eigenvalue weighted by Crippen LogP contribution is 2.39. The summed E-state index contributed by atoms with van der Waals surface area (Å²) in [7, 11) is 1.62. The van der Waals surface area contributed by atoms with Crippen molar-refractivity contribution in [2.75, 3.05) is 13.6 Å². The zero-order chi connectivity index (χ0) is 17.9. The third-order valence-electron chi connectivity index (χ3n) is 4.72. The lowest BCUT2D eigenvalue weighted by Crippen LogP contribution is -2.50.